The van der Waals surface area contributed by atoms with Gasteiger partial charge in [0.2, 0.25) is 5.91 Å². The van der Waals surface area contributed by atoms with Crippen LogP contribution in [0.3, 0.4) is 0 Å². The van der Waals surface area contributed by atoms with E-state index in [-0.39, 0.29) is 38.0 Å². The first-order chi connectivity index (χ1) is 13.0. The van der Waals surface area contributed by atoms with Gasteiger partial charge in [0.15, 0.2) is 0 Å². The second-order valence-electron chi connectivity index (χ2n) is 9.10. The molecule has 0 radical (unpaired) electrons. The SMILES string of the molecule is CC[C@@H]1CN(C(=O)F)C2(CC2)CN1C(=O)[C@@H]1C[C@@H](F)CN1C(=O)OC(C)(C)C. The zero-order chi connectivity index (χ0) is 20.9. The molecule has 3 atom stereocenters. The summed E-state index contributed by atoms with van der Waals surface area (Å²) in [7, 11) is 0. The number of amides is 3. The number of carbonyl (C=O) groups is 3. The lowest BCUT2D eigenvalue weighted by molar-refractivity contribution is -0.142. The van der Waals surface area contributed by atoms with Crippen molar-refractivity contribution in [3.8, 4) is 0 Å². The second-order valence-corrected chi connectivity index (χ2v) is 9.10. The Morgan fingerprint density at radius 1 is 1.14 bits per heavy atom. The second kappa shape index (κ2) is 7.15. The Hall–Kier alpha value is -1.93. The summed E-state index contributed by atoms with van der Waals surface area (Å²) in [5.74, 6) is -0.352. The van der Waals surface area contributed by atoms with Crippen LogP contribution in [-0.2, 0) is 9.53 Å². The Labute approximate surface area is 163 Å². The molecule has 0 aromatic rings. The molecule has 0 aromatic carbocycles. The zero-order valence-electron chi connectivity index (χ0n) is 16.9. The van der Waals surface area contributed by atoms with Crippen molar-refractivity contribution in [3.05, 3.63) is 0 Å². The van der Waals surface area contributed by atoms with Gasteiger partial charge < -0.3 is 14.5 Å². The molecule has 2 saturated heterocycles. The normalized spacial score (nSPS) is 29.2. The van der Waals surface area contributed by atoms with Gasteiger partial charge in [0.25, 0.3) is 0 Å². The number of carbonyl (C=O) groups excluding carboxylic acids is 3. The van der Waals surface area contributed by atoms with Crippen LogP contribution < -0.4 is 0 Å². The fraction of sp³-hybridized carbons (Fsp3) is 0.842. The van der Waals surface area contributed by atoms with Crippen molar-refractivity contribution in [2.75, 3.05) is 19.6 Å². The third-order valence-electron chi connectivity index (χ3n) is 5.83. The molecule has 3 rings (SSSR count). The van der Waals surface area contributed by atoms with E-state index in [2.05, 4.69) is 0 Å². The van der Waals surface area contributed by atoms with Gasteiger partial charge in [0.1, 0.15) is 17.8 Å². The Morgan fingerprint density at radius 3 is 2.29 bits per heavy atom. The topological polar surface area (TPSA) is 70.2 Å². The van der Waals surface area contributed by atoms with Gasteiger partial charge in [-0.1, -0.05) is 6.92 Å². The van der Waals surface area contributed by atoms with E-state index < -0.39 is 35.6 Å². The first kappa shape index (κ1) is 20.8. The molecule has 0 unspecified atom stereocenters. The Balaban J connectivity index is 1.79. The number of halogens is 2. The van der Waals surface area contributed by atoms with Crippen molar-refractivity contribution in [1.82, 2.24) is 14.7 Å². The van der Waals surface area contributed by atoms with E-state index in [0.717, 1.165) is 4.90 Å². The molecule has 3 aliphatic rings. The molecule has 1 saturated carbocycles. The summed E-state index contributed by atoms with van der Waals surface area (Å²) in [6, 6.07) is -1.31. The number of likely N-dealkylation sites (tertiary alicyclic amines) is 1. The number of rotatable bonds is 2. The largest absolute Gasteiger partial charge is 0.444 e. The minimum Gasteiger partial charge on any atom is -0.444 e. The van der Waals surface area contributed by atoms with E-state index in [0.29, 0.717) is 19.3 Å². The third kappa shape index (κ3) is 3.93. The maximum Gasteiger partial charge on any atom is 0.411 e. The van der Waals surface area contributed by atoms with Gasteiger partial charge in [-0.05, 0) is 40.0 Å². The van der Waals surface area contributed by atoms with Crippen LogP contribution in [0.4, 0.5) is 18.4 Å². The van der Waals surface area contributed by atoms with Gasteiger partial charge in [-0.15, -0.1) is 4.39 Å². The minimum atomic E-state index is -1.47. The van der Waals surface area contributed by atoms with Crippen molar-refractivity contribution in [3.63, 3.8) is 0 Å². The highest BCUT2D eigenvalue weighted by Gasteiger charge is 2.57. The van der Waals surface area contributed by atoms with Crippen LogP contribution >= 0.6 is 0 Å². The van der Waals surface area contributed by atoms with E-state index in [1.807, 2.05) is 6.92 Å². The lowest BCUT2D eigenvalue weighted by Gasteiger charge is -2.46. The summed E-state index contributed by atoms with van der Waals surface area (Å²) in [5.41, 5.74) is -1.41. The predicted octanol–water partition coefficient (Wildman–Crippen LogP) is 2.88. The van der Waals surface area contributed by atoms with Gasteiger partial charge in [-0.2, -0.15) is 0 Å². The number of ether oxygens (including phenoxy) is 1. The quantitative estimate of drug-likeness (QED) is 0.527. The van der Waals surface area contributed by atoms with E-state index >= 15 is 0 Å². The van der Waals surface area contributed by atoms with Crippen molar-refractivity contribution in [2.24, 2.45) is 0 Å². The molecule has 28 heavy (non-hydrogen) atoms. The Kier molecular flexibility index (Phi) is 5.31. The smallest absolute Gasteiger partial charge is 0.411 e. The molecule has 3 fully saturated rings. The lowest BCUT2D eigenvalue weighted by atomic mass is 10.0. The summed E-state index contributed by atoms with van der Waals surface area (Å²) >= 11 is 0. The zero-order valence-corrected chi connectivity index (χ0v) is 16.9. The summed E-state index contributed by atoms with van der Waals surface area (Å²) in [4.78, 5) is 41.2. The predicted molar refractivity (Wildman–Crippen MR) is 97.2 cm³/mol. The van der Waals surface area contributed by atoms with Crippen LogP contribution in [0.25, 0.3) is 0 Å². The highest BCUT2D eigenvalue weighted by Crippen LogP contribution is 2.46. The van der Waals surface area contributed by atoms with Crippen LogP contribution in [0.2, 0.25) is 0 Å². The molecule has 0 bridgehead atoms. The molecule has 158 valence electrons. The van der Waals surface area contributed by atoms with E-state index in [1.165, 1.54) is 4.90 Å². The van der Waals surface area contributed by atoms with Gasteiger partial charge >= 0.3 is 12.3 Å². The fourth-order valence-electron chi connectivity index (χ4n) is 4.20. The molecule has 1 spiro atoms. The maximum atomic E-state index is 14.1. The van der Waals surface area contributed by atoms with Crippen molar-refractivity contribution >= 4 is 18.2 Å². The number of alkyl halides is 1. The number of hydrogen-bond acceptors (Lipinski definition) is 4. The molecule has 1 aliphatic carbocycles. The molecule has 7 nitrogen and oxygen atoms in total. The standard InChI is InChI=1S/C19H29F2N3O4/c1-5-13-10-24(16(21)26)19(6-7-19)11-23(13)15(25)14-8-12(20)9-22(14)17(27)28-18(2,3)4/h12-14H,5-11H2,1-4H3/t12-,13-,14+/m1/s1. The minimum absolute atomic E-state index is 0.0796. The molecule has 2 aliphatic heterocycles. The van der Waals surface area contributed by atoms with Crippen molar-refractivity contribution < 1.29 is 27.9 Å². The van der Waals surface area contributed by atoms with Gasteiger partial charge in [0, 0.05) is 25.6 Å². The average Bonchev–Trinajstić information content (AvgIpc) is 3.23. The molecular weight excluding hydrogens is 372 g/mol. The lowest BCUT2D eigenvalue weighted by Crippen LogP contribution is -2.64. The molecule has 9 heteroatoms. The molecular formula is C19H29F2N3O4. The maximum absolute atomic E-state index is 14.1. The van der Waals surface area contributed by atoms with Crippen molar-refractivity contribution in [1.29, 1.82) is 0 Å². The van der Waals surface area contributed by atoms with Gasteiger partial charge in [0.05, 0.1) is 12.1 Å². The van der Waals surface area contributed by atoms with Crippen molar-refractivity contribution in [2.45, 2.75) is 82.8 Å². The summed E-state index contributed by atoms with van der Waals surface area (Å²) in [6.07, 6.45) is -1.76. The molecule has 3 amide bonds. The summed E-state index contributed by atoms with van der Waals surface area (Å²) in [5, 5.41) is 0. The number of piperazine rings is 1. The number of nitrogens with zero attached hydrogens (tertiary/aromatic N) is 3. The first-order valence-corrected chi connectivity index (χ1v) is 9.89. The highest BCUT2D eigenvalue weighted by atomic mass is 19.1. The van der Waals surface area contributed by atoms with E-state index in [1.54, 1.807) is 25.7 Å². The van der Waals surface area contributed by atoms with E-state index in [4.69, 9.17) is 4.74 Å². The first-order valence-electron chi connectivity index (χ1n) is 9.89. The molecule has 0 aromatic heterocycles. The van der Waals surface area contributed by atoms with Gasteiger partial charge in [-0.25, -0.2) is 14.0 Å². The highest BCUT2D eigenvalue weighted by molar-refractivity contribution is 5.87. The third-order valence-corrected chi connectivity index (χ3v) is 5.83. The Morgan fingerprint density at radius 2 is 1.79 bits per heavy atom. The van der Waals surface area contributed by atoms with Crippen LogP contribution in [0.5, 0.6) is 0 Å². The monoisotopic (exact) mass is 401 g/mol. The molecule has 2 heterocycles. The summed E-state index contributed by atoms with van der Waals surface area (Å²) in [6.45, 7) is 7.14. The van der Waals surface area contributed by atoms with E-state index in [9.17, 15) is 23.2 Å². The van der Waals surface area contributed by atoms with Crippen LogP contribution in [0.1, 0.15) is 53.4 Å². The average molecular weight is 401 g/mol. The fourth-order valence-corrected chi connectivity index (χ4v) is 4.20. The Bertz CT molecular complexity index is 662. The summed E-state index contributed by atoms with van der Waals surface area (Å²) < 4.78 is 33.0. The van der Waals surface area contributed by atoms with Crippen LogP contribution in [-0.4, -0.2) is 81.9 Å². The van der Waals surface area contributed by atoms with Crippen LogP contribution in [0, 0.1) is 0 Å². The molecule has 0 N–H and O–H groups in total. The van der Waals surface area contributed by atoms with Gasteiger partial charge in [-0.3, -0.25) is 9.69 Å². The van der Waals surface area contributed by atoms with Crippen LogP contribution in [0.15, 0.2) is 0 Å². The number of hydrogen-bond donors (Lipinski definition) is 0.